The zero-order chi connectivity index (χ0) is 6.85. The molecule has 0 aromatic carbocycles. The minimum atomic E-state index is -2.59. The molecule has 0 unspecified atom stereocenters. The number of nitrogens with two attached hydrogens (primary N) is 2. The van der Waals surface area contributed by atoms with Crippen molar-refractivity contribution in [2.75, 3.05) is 0 Å². The molecule has 1 rings (SSSR count). The van der Waals surface area contributed by atoms with Crippen LogP contribution in [0.25, 0.3) is 0 Å². The third-order valence-corrected chi connectivity index (χ3v) is 1.20. The topological polar surface area (TPSA) is 103 Å². The minimum absolute atomic E-state index is 0.167. The van der Waals surface area contributed by atoms with Gasteiger partial charge in [-0.3, -0.25) is 4.46 Å². The first-order valence-electron chi connectivity index (χ1n) is 1.97. The van der Waals surface area contributed by atoms with Crippen LogP contribution in [0, 0.1) is 0 Å². The highest BCUT2D eigenvalue weighted by Gasteiger charge is 2.23. The van der Waals surface area contributed by atoms with Crippen LogP contribution >= 0.6 is 0 Å². The first kappa shape index (κ1) is 5.97. The van der Waals surface area contributed by atoms with Crippen LogP contribution in [0.3, 0.4) is 0 Å². The van der Waals surface area contributed by atoms with Gasteiger partial charge in [-0.25, -0.2) is 5.84 Å². The zero-order valence-electron chi connectivity index (χ0n) is 4.27. The third-order valence-electron chi connectivity index (χ3n) is 0.612. The molecule has 0 aromatic rings. The molecule has 50 valence electrons. The molecule has 0 atom stereocenters. The van der Waals surface area contributed by atoms with E-state index >= 15 is 0 Å². The van der Waals surface area contributed by atoms with E-state index in [0.717, 1.165) is 0 Å². The van der Waals surface area contributed by atoms with Gasteiger partial charge in [0.25, 0.3) is 5.96 Å². The first-order chi connectivity index (χ1) is 4.20. The van der Waals surface area contributed by atoms with Crippen LogP contribution in [0.15, 0.2) is 5.16 Å². The Balaban J connectivity index is 2.67. The van der Waals surface area contributed by atoms with Gasteiger partial charge in [0.15, 0.2) is 0 Å². The lowest BCUT2D eigenvalue weighted by atomic mass is 11.1. The van der Waals surface area contributed by atoms with Crippen LogP contribution in [-0.2, 0) is 13.5 Å². The van der Waals surface area contributed by atoms with Crippen molar-refractivity contribution in [2.45, 2.75) is 0 Å². The van der Waals surface area contributed by atoms with Crippen molar-refractivity contribution in [3.63, 3.8) is 0 Å². The van der Waals surface area contributed by atoms with Crippen LogP contribution in [0.4, 0.5) is 0 Å². The molecular formula is CH4N4O3Si. The van der Waals surface area contributed by atoms with Gasteiger partial charge in [0.2, 0.25) is 0 Å². The summed E-state index contributed by atoms with van der Waals surface area (Å²) in [6, 6.07) is 0. The van der Waals surface area contributed by atoms with Crippen molar-refractivity contribution < 1.29 is 13.5 Å². The second kappa shape index (κ2) is 1.99. The van der Waals surface area contributed by atoms with E-state index < -0.39 is 9.17 Å². The van der Waals surface area contributed by atoms with Gasteiger partial charge in [-0.2, -0.15) is 0 Å². The fraction of sp³-hybridized carbons (Fsp3) is 0. The molecule has 9 heavy (non-hydrogen) atoms. The summed E-state index contributed by atoms with van der Waals surface area (Å²) < 4.78 is 18.7. The lowest BCUT2D eigenvalue weighted by molar-refractivity contribution is -0.0456. The molecule has 0 spiro atoms. The molecule has 4 N–H and O–H groups in total. The number of rotatable bonds is 0. The average Bonchev–Trinajstić information content (AvgIpc) is 1.80. The summed E-state index contributed by atoms with van der Waals surface area (Å²) >= 11 is 0. The summed E-state index contributed by atoms with van der Waals surface area (Å²) in [6.45, 7) is 0. The van der Waals surface area contributed by atoms with E-state index in [1.54, 1.807) is 0 Å². The Morgan fingerprint density at radius 1 is 1.78 bits per heavy atom. The Labute approximate surface area is 51.6 Å². The molecule has 0 radical (unpaired) electrons. The summed E-state index contributed by atoms with van der Waals surface area (Å²) in [5, 5.41) is 3.68. The van der Waals surface area contributed by atoms with E-state index in [4.69, 9.17) is 11.6 Å². The highest BCUT2D eigenvalue weighted by Crippen LogP contribution is 1.91. The maximum Gasteiger partial charge on any atom is 0.823 e. The van der Waals surface area contributed by atoms with Gasteiger partial charge in [-0.15, -0.1) is 5.17 Å². The lowest BCUT2D eigenvalue weighted by Crippen LogP contribution is -2.47. The Morgan fingerprint density at radius 3 is 2.89 bits per heavy atom. The van der Waals surface area contributed by atoms with Crippen molar-refractivity contribution >= 4 is 15.1 Å². The Morgan fingerprint density at radius 2 is 2.44 bits per heavy atom. The monoisotopic (exact) mass is 148 g/mol. The average molecular weight is 148 g/mol. The summed E-state index contributed by atoms with van der Waals surface area (Å²) in [6.07, 6.45) is 0. The molecule has 0 saturated heterocycles. The number of nitrogens with zero attached hydrogens (tertiary/aromatic N) is 2. The summed E-state index contributed by atoms with van der Waals surface area (Å²) in [5.74, 6) is 4.80. The van der Waals surface area contributed by atoms with Crippen LogP contribution in [-0.4, -0.2) is 20.3 Å². The third kappa shape index (κ3) is 1.15. The van der Waals surface area contributed by atoms with Gasteiger partial charge in [0, 0.05) is 0 Å². The van der Waals surface area contributed by atoms with Gasteiger partial charge < -0.3 is 14.8 Å². The maximum absolute atomic E-state index is 10.3. The molecule has 7 nitrogen and oxygen atoms in total. The van der Waals surface area contributed by atoms with Gasteiger partial charge in [-0.1, -0.05) is 0 Å². The van der Waals surface area contributed by atoms with Gasteiger partial charge in [0.1, 0.15) is 0 Å². The Kier molecular flexibility index (Phi) is 1.32. The Hall–Kier alpha value is -1.15. The molecule has 1 aliphatic heterocycles. The summed E-state index contributed by atoms with van der Waals surface area (Å²) in [7, 11) is -2.59. The van der Waals surface area contributed by atoms with Crippen molar-refractivity contribution in [1.29, 1.82) is 0 Å². The first-order valence-corrected chi connectivity index (χ1v) is 3.20. The van der Waals surface area contributed by atoms with E-state index in [-0.39, 0.29) is 5.96 Å². The molecule has 0 aromatic heterocycles. The standard InChI is InChI=1S/CH4N4O3Si/c2-1-4-7-9(6)8-5(1)3/h3H2,(H2,2,4). The van der Waals surface area contributed by atoms with Gasteiger partial charge >= 0.3 is 9.17 Å². The predicted molar refractivity (Wildman–Crippen MR) is 26.3 cm³/mol. The van der Waals surface area contributed by atoms with Crippen LogP contribution in [0.2, 0.25) is 0 Å². The maximum atomic E-state index is 10.3. The summed E-state index contributed by atoms with van der Waals surface area (Å²) in [4.78, 5) is 0. The molecular weight excluding hydrogens is 144 g/mol. The summed E-state index contributed by atoms with van der Waals surface area (Å²) in [5.41, 5.74) is 5.02. The molecule has 8 heteroatoms. The van der Waals surface area contributed by atoms with Crippen molar-refractivity contribution in [2.24, 2.45) is 16.7 Å². The number of oxime groups is 1. The smallest absolute Gasteiger partial charge is 0.363 e. The van der Waals surface area contributed by atoms with E-state index in [1.165, 1.54) is 0 Å². The van der Waals surface area contributed by atoms with E-state index in [9.17, 15) is 4.46 Å². The normalized spacial score (nSPS) is 18.1. The zero-order valence-corrected chi connectivity index (χ0v) is 5.27. The number of hydrogen-bond donors (Lipinski definition) is 2. The molecule has 0 bridgehead atoms. The lowest BCUT2D eigenvalue weighted by Gasteiger charge is -2.17. The fourth-order valence-electron chi connectivity index (χ4n) is 0.268. The molecule has 0 aliphatic carbocycles. The molecule has 1 heterocycles. The van der Waals surface area contributed by atoms with Gasteiger partial charge in [-0.05, 0) is 5.16 Å². The molecule has 1 aliphatic rings. The molecule has 0 saturated carbocycles. The number of hydrazine groups is 1. The van der Waals surface area contributed by atoms with Crippen LogP contribution in [0.1, 0.15) is 0 Å². The van der Waals surface area contributed by atoms with E-state index in [1.807, 2.05) is 0 Å². The Bertz CT molecular complexity index is 167. The fourth-order valence-corrected chi connectivity index (χ4v) is 0.724. The largest absolute Gasteiger partial charge is 0.823 e. The highest BCUT2D eigenvalue weighted by molar-refractivity contribution is 6.26. The van der Waals surface area contributed by atoms with Crippen molar-refractivity contribution in [3.8, 4) is 0 Å². The number of hydroxylamine groups is 1. The highest BCUT2D eigenvalue weighted by atomic mass is 28.3. The van der Waals surface area contributed by atoms with Crippen LogP contribution in [0.5, 0.6) is 0 Å². The minimum Gasteiger partial charge on any atom is -0.363 e. The number of guanidine groups is 1. The molecule has 0 amide bonds. The van der Waals surface area contributed by atoms with Gasteiger partial charge in [0.05, 0.1) is 0 Å². The second-order valence-corrected chi connectivity index (χ2v) is 2.07. The van der Waals surface area contributed by atoms with Crippen molar-refractivity contribution in [3.05, 3.63) is 0 Å². The quantitative estimate of drug-likeness (QED) is 0.297. The predicted octanol–water partition coefficient (Wildman–Crippen LogP) is -2.23. The molecule has 0 fully saturated rings. The van der Waals surface area contributed by atoms with Crippen LogP contribution < -0.4 is 11.6 Å². The second-order valence-electron chi connectivity index (χ2n) is 1.21. The van der Waals surface area contributed by atoms with Crippen molar-refractivity contribution in [1.82, 2.24) is 5.17 Å². The SMILES string of the molecule is NC1=NO[Si](=O)ON1N. The number of hydrogen-bond acceptors (Lipinski definition) is 7. The van der Waals surface area contributed by atoms with E-state index in [0.29, 0.717) is 5.17 Å². The van der Waals surface area contributed by atoms with E-state index in [2.05, 4.69) is 14.2 Å².